The summed E-state index contributed by atoms with van der Waals surface area (Å²) in [6.45, 7) is 5.57. The first-order chi connectivity index (χ1) is 4.33. The zero-order chi connectivity index (χ0) is 8.36. The van der Waals surface area contributed by atoms with E-state index >= 15 is 0 Å². The van der Waals surface area contributed by atoms with Crippen LogP contribution < -0.4 is 0 Å². The molecule has 0 saturated heterocycles. The Kier molecular flexibility index (Phi) is 2.81. The van der Waals surface area contributed by atoms with Crippen LogP contribution in [-0.4, -0.2) is 17.5 Å². The summed E-state index contributed by atoms with van der Waals surface area (Å²) in [5.41, 5.74) is 0.108. The van der Waals surface area contributed by atoms with Crippen molar-refractivity contribution in [2.75, 3.05) is 6.66 Å². The molecule has 0 bridgehead atoms. The first-order valence-electron chi connectivity index (χ1n) is 2.52. The molecule has 0 amide bonds. The van der Waals surface area contributed by atoms with Crippen molar-refractivity contribution >= 4 is 13.6 Å². The highest BCUT2D eigenvalue weighted by Crippen LogP contribution is 2.37. The second-order valence-electron chi connectivity index (χ2n) is 1.96. The fourth-order valence-corrected chi connectivity index (χ4v) is 0.695. The molecule has 0 aromatic carbocycles. The largest absolute Gasteiger partial charge is 0.388 e. The van der Waals surface area contributed by atoms with Crippen LogP contribution in [0, 0.1) is 0 Å². The predicted molar refractivity (Wildman–Crippen MR) is 36.7 cm³/mol. The van der Waals surface area contributed by atoms with E-state index in [1.165, 1.54) is 6.92 Å². The van der Waals surface area contributed by atoms with E-state index in [0.717, 1.165) is 6.66 Å². The Balaban J connectivity index is 4.07. The molecule has 0 aromatic heterocycles. The summed E-state index contributed by atoms with van der Waals surface area (Å²) in [6.07, 6.45) is 0. The molecule has 0 aliphatic carbocycles. The van der Waals surface area contributed by atoms with E-state index < -0.39 is 13.6 Å². The lowest BCUT2D eigenvalue weighted by Crippen LogP contribution is -2.01. The van der Waals surface area contributed by atoms with Gasteiger partial charge in [0.2, 0.25) is 0 Å². The van der Waals surface area contributed by atoms with Crippen molar-refractivity contribution in [3.63, 3.8) is 0 Å². The molecule has 58 valence electrons. The van der Waals surface area contributed by atoms with E-state index in [9.17, 15) is 9.36 Å². The van der Waals surface area contributed by atoms with Crippen molar-refractivity contribution in [3.05, 3.63) is 12.2 Å². The third-order valence-corrected chi connectivity index (χ3v) is 1.11. The molecular weight excluding hydrogens is 155 g/mol. The van der Waals surface area contributed by atoms with Gasteiger partial charge in [-0.1, -0.05) is 6.58 Å². The van der Waals surface area contributed by atoms with E-state index in [-0.39, 0.29) is 5.57 Å². The molecule has 0 rings (SSSR count). The fourth-order valence-electron chi connectivity index (χ4n) is 0.232. The van der Waals surface area contributed by atoms with E-state index in [1.54, 1.807) is 0 Å². The minimum absolute atomic E-state index is 0.108. The van der Waals surface area contributed by atoms with Gasteiger partial charge < -0.3 is 9.42 Å². The van der Waals surface area contributed by atoms with Crippen LogP contribution in [-0.2, 0) is 13.9 Å². The van der Waals surface area contributed by atoms with Crippen molar-refractivity contribution in [3.8, 4) is 0 Å². The summed E-state index contributed by atoms with van der Waals surface area (Å²) >= 11 is 0. The number of carbonyl (C=O) groups is 1. The molecule has 4 nitrogen and oxygen atoms in total. The molecule has 1 unspecified atom stereocenters. The van der Waals surface area contributed by atoms with Gasteiger partial charge in [0.05, 0.1) is 0 Å². The van der Waals surface area contributed by atoms with Gasteiger partial charge in [-0.25, -0.2) is 9.36 Å². The lowest BCUT2D eigenvalue weighted by molar-refractivity contribution is -0.130. The molecule has 0 aromatic rings. The molecule has 0 aliphatic rings. The average molecular weight is 164 g/mol. The summed E-state index contributed by atoms with van der Waals surface area (Å²) in [6, 6.07) is 0. The summed E-state index contributed by atoms with van der Waals surface area (Å²) in [7, 11) is -3.69. The number of rotatable bonds is 2. The maximum Gasteiger partial charge on any atom is 0.375 e. The van der Waals surface area contributed by atoms with Crippen LogP contribution in [0.5, 0.6) is 0 Å². The van der Waals surface area contributed by atoms with E-state index in [1.807, 2.05) is 0 Å². The summed E-state index contributed by atoms with van der Waals surface area (Å²) in [5, 5.41) is 0. The number of carbonyl (C=O) groups excluding carboxylic acids is 1. The SMILES string of the molecule is C=C(C)C(=O)OP(C)(=O)O. The maximum atomic E-state index is 10.5. The zero-order valence-corrected chi connectivity index (χ0v) is 6.72. The molecular formula is C5H9O4P. The van der Waals surface area contributed by atoms with Gasteiger partial charge in [-0.05, 0) is 6.92 Å². The Morgan fingerprint density at radius 2 is 2.10 bits per heavy atom. The third-order valence-electron chi connectivity index (χ3n) is 0.601. The smallest absolute Gasteiger partial charge is 0.375 e. The van der Waals surface area contributed by atoms with Crippen molar-refractivity contribution in [2.45, 2.75) is 6.92 Å². The van der Waals surface area contributed by atoms with Gasteiger partial charge in [0, 0.05) is 12.2 Å². The Morgan fingerprint density at radius 1 is 1.70 bits per heavy atom. The highest BCUT2D eigenvalue weighted by atomic mass is 31.2. The summed E-state index contributed by atoms with van der Waals surface area (Å²) in [4.78, 5) is 19.0. The van der Waals surface area contributed by atoms with Crippen LogP contribution in [0.15, 0.2) is 12.2 Å². The Bertz CT molecular complexity index is 202. The lowest BCUT2D eigenvalue weighted by Gasteiger charge is -2.04. The summed E-state index contributed by atoms with van der Waals surface area (Å²) in [5.74, 6) is -0.840. The maximum absolute atomic E-state index is 10.5. The zero-order valence-electron chi connectivity index (χ0n) is 5.83. The molecule has 0 radical (unpaired) electrons. The second-order valence-corrected chi connectivity index (χ2v) is 3.75. The summed E-state index contributed by atoms with van der Waals surface area (Å²) < 4.78 is 14.5. The van der Waals surface area contributed by atoms with Crippen molar-refractivity contribution in [1.29, 1.82) is 0 Å². The van der Waals surface area contributed by atoms with Gasteiger partial charge in [-0.2, -0.15) is 0 Å². The fraction of sp³-hybridized carbons (Fsp3) is 0.400. The third kappa shape index (κ3) is 4.30. The molecule has 10 heavy (non-hydrogen) atoms. The predicted octanol–water partition coefficient (Wildman–Crippen LogP) is 0.921. The second kappa shape index (κ2) is 2.99. The van der Waals surface area contributed by atoms with Crippen LogP contribution in [0.3, 0.4) is 0 Å². The molecule has 0 saturated carbocycles. The highest BCUT2D eigenvalue weighted by molar-refractivity contribution is 7.52. The molecule has 0 heterocycles. The lowest BCUT2D eigenvalue weighted by atomic mass is 10.4. The molecule has 0 spiro atoms. The van der Waals surface area contributed by atoms with Gasteiger partial charge >= 0.3 is 13.6 Å². The molecule has 5 heteroatoms. The minimum atomic E-state index is -3.69. The normalized spacial score (nSPS) is 15.5. The first kappa shape index (κ1) is 9.40. The molecule has 1 N–H and O–H groups in total. The van der Waals surface area contributed by atoms with Crippen LogP contribution in [0.2, 0.25) is 0 Å². The van der Waals surface area contributed by atoms with E-state index in [0.29, 0.717) is 0 Å². The first-order valence-corrected chi connectivity index (χ1v) is 4.55. The van der Waals surface area contributed by atoms with E-state index in [2.05, 4.69) is 11.1 Å². The van der Waals surface area contributed by atoms with E-state index in [4.69, 9.17) is 4.89 Å². The minimum Gasteiger partial charge on any atom is -0.388 e. The Hall–Kier alpha value is -0.600. The Labute approximate surface area is 59.0 Å². The van der Waals surface area contributed by atoms with Crippen molar-refractivity contribution < 1.29 is 18.8 Å². The van der Waals surface area contributed by atoms with Crippen molar-refractivity contribution in [2.24, 2.45) is 0 Å². The average Bonchev–Trinajstić information content (AvgIpc) is 1.60. The highest BCUT2D eigenvalue weighted by Gasteiger charge is 2.16. The van der Waals surface area contributed by atoms with Crippen molar-refractivity contribution in [1.82, 2.24) is 0 Å². The molecule has 0 fully saturated rings. The standard InChI is InChI=1S/C5H9O4P/c1-4(2)5(6)9-10(3,7)8/h1H2,2-3H3,(H,7,8). The molecule has 1 atom stereocenters. The monoisotopic (exact) mass is 164 g/mol. The van der Waals surface area contributed by atoms with Crippen LogP contribution in [0.4, 0.5) is 0 Å². The molecule has 0 aliphatic heterocycles. The van der Waals surface area contributed by atoms with Crippen LogP contribution >= 0.6 is 7.60 Å². The van der Waals surface area contributed by atoms with Gasteiger partial charge in [0.25, 0.3) is 0 Å². The van der Waals surface area contributed by atoms with Gasteiger partial charge in [0.15, 0.2) is 0 Å². The van der Waals surface area contributed by atoms with Gasteiger partial charge in [-0.3, -0.25) is 0 Å². The topological polar surface area (TPSA) is 63.6 Å². The quantitative estimate of drug-likeness (QED) is 0.486. The van der Waals surface area contributed by atoms with Gasteiger partial charge in [0.1, 0.15) is 0 Å². The van der Waals surface area contributed by atoms with Crippen LogP contribution in [0.25, 0.3) is 0 Å². The number of hydrogen-bond acceptors (Lipinski definition) is 3. The number of hydrogen-bond donors (Lipinski definition) is 1. The van der Waals surface area contributed by atoms with Crippen LogP contribution in [0.1, 0.15) is 6.92 Å². The van der Waals surface area contributed by atoms with Gasteiger partial charge in [-0.15, -0.1) is 0 Å². The Morgan fingerprint density at radius 3 is 2.20 bits per heavy atom.